The summed E-state index contributed by atoms with van der Waals surface area (Å²) in [5.41, 5.74) is 3.08. The molecule has 1 aliphatic heterocycles. The van der Waals surface area contributed by atoms with E-state index >= 15 is 0 Å². The lowest BCUT2D eigenvalue weighted by molar-refractivity contribution is -0.127. The van der Waals surface area contributed by atoms with Crippen molar-refractivity contribution in [3.05, 3.63) is 35.4 Å². The van der Waals surface area contributed by atoms with Gasteiger partial charge in [0.2, 0.25) is 0 Å². The van der Waals surface area contributed by atoms with Crippen LogP contribution in [0, 0.1) is 0 Å². The Morgan fingerprint density at radius 2 is 1.83 bits per heavy atom. The van der Waals surface area contributed by atoms with Gasteiger partial charge in [-0.15, -0.1) is 0 Å². The summed E-state index contributed by atoms with van der Waals surface area (Å²) in [4.78, 5) is 15.1. The zero-order valence-electron chi connectivity index (χ0n) is 15.0. The summed E-state index contributed by atoms with van der Waals surface area (Å²) in [6, 6.07) is 7.89. The van der Waals surface area contributed by atoms with Gasteiger partial charge in [0.15, 0.2) is 0 Å². The quantitative estimate of drug-likeness (QED) is 0.902. The maximum Gasteiger partial charge on any atom is 0.255 e. The third kappa shape index (κ3) is 2.73. The fourth-order valence-electron chi connectivity index (χ4n) is 4.26. The number of ether oxygens (including phenoxy) is 1. The molecule has 0 unspecified atom stereocenters. The van der Waals surface area contributed by atoms with E-state index < -0.39 is 0 Å². The zero-order chi connectivity index (χ0) is 17.2. The molecule has 1 saturated carbocycles. The fourth-order valence-corrected chi connectivity index (χ4v) is 4.26. The number of carbonyl (C=O) groups excluding carboxylic acids is 1. The Labute approximate surface area is 144 Å². The molecule has 4 nitrogen and oxygen atoms in total. The maximum atomic E-state index is 13.1. The van der Waals surface area contributed by atoms with Crippen molar-refractivity contribution in [3.63, 3.8) is 0 Å². The maximum absolute atomic E-state index is 13.1. The Balaban J connectivity index is 2.08. The van der Waals surface area contributed by atoms with Crippen LogP contribution in [0.25, 0.3) is 5.57 Å². The van der Waals surface area contributed by atoms with E-state index in [0.717, 1.165) is 42.8 Å². The molecule has 1 aromatic rings. The molecule has 2 aliphatic rings. The Morgan fingerprint density at radius 3 is 2.42 bits per heavy atom. The fraction of sp³-hybridized carbons (Fsp3) is 0.550. The molecule has 1 spiro atoms. The summed E-state index contributed by atoms with van der Waals surface area (Å²) in [6.45, 7) is 3.81. The van der Waals surface area contributed by atoms with Gasteiger partial charge in [0.25, 0.3) is 5.91 Å². The molecule has 1 aromatic carbocycles. The number of amides is 1. The first kappa shape index (κ1) is 17.0. The minimum absolute atomic E-state index is 0.0905. The topological polar surface area (TPSA) is 41.6 Å². The Bertz CT molecular complexity index is 628. The summed E-state index contributed by atoms with van der Waals surface area (Å²) in [7, 11) is 3.65. The van der Waals surface area contributed by atoms with Crippen molar-refractivity contribution in [3.8, 4) is 5.75 Å². The zero-order valence-corrected chi connectivity index (χ0v) is 15.0. The highest BCUT2D eigenvalue weighted by molar-refractivity contribution is 6.23. The largest absolute Gasteiger partial charge is 0.497 e. The second-order valence-corrected chi connectivity index (χ2v) is 6.82. The molecule has 0 atom stereocenters. The monoisotopic (exact) mass is 328 g/mol. The van der Waals surface area contributed by atoms with Crippen LogP contribution in [0.3, 0.4) is 0 Å². The van der Waals surface area contributed by atoms with Crippen LogP contribution in [-0.2, 0) is 4.79 Å². The molecule has 1 amide bonds. The van der Waals surface area contributed by atoms with Crippen LogP contribution in [0.15, 0.2) is 29.8 Å². The molecule has 1 fully saturated rings. The van der Waals surface area contributed by atoms with Crippen molar-refractivity contribution in [2.45, 2.75) is 44.6 Å². The second kappa shape index (κ2) is 6.98. The van der Waals surface area contributed by atoms with Crippen LogP contribution >= 0.6 is 0 Å². The average molecular weight is 328 g/mol. The first-order valence-electron chi connectivity index (χ1n) is 9.01. The highest BCUT2D eigenvalue weighted by atomic mass is 16.5. The van der Waals surface area contributed by atoms with Gasteiger partial charge in [-0.25, -0.2) is 0 Å². The molecular formula is C20H28N2O2. The van der Waals surface area contributed by atoms with Crippen molar-refractivity contribution in [2.75, 3.05) is 27.2 Å². The van der Waals surface area contributed by atoms with Crippen molar-refractivity contribution < 1.29 is 9.53 Å². The third-order valence-corrected chi connectivity index (χ3v) is 5.64. The van der Waals surface area contributed by atoms with Crippen LogP contribution in [-0.4, -0.2) is 43.6 Å². The molecule has 4 heteroatoms. The van der Waals surface area contributed by atoms with Crippen molar-refractivity contribution >= 4 is 11.5 Å². The van der Waals surface area contributed by atoms with E-state index in [1.54, 1.807) is 7.11 Å². The molecule has 1 aliphatic carbocycles. The van der Waals surface area contributed by atoms with Gasteiger partial charge in [0, 0.05) is 19.2 Å². The number of rotatable bonds is 5. The van der Waals surface area contributed by atoms with Gasteiger partial charge in [-0.05, 0) is 42.7 Å². The molecule has 1 N–H and O–H groups in total. The average Bonchev–Trinajstić information content (AvgIpc) is 2.82. The van der Waals surface area contributed by atoms with Crippen LogP contribution in [0.2, 0.25) is 0 Å². The summed E-state index contributed by atoms with van der Waals surface area (Å²) < 4.78 is 5.26. The van der Waals surface area contributed by atoms with Gasteiger partial charge in [0.05, 0.1) is 12.6 Å². The Morgan fingerprint density at radius 1 is 1.17 bits per heavy atom. The van der Waals surface area contributed by atoms with E-state index in [1.165, 1.54) is 24.8 Å². The van der Waals surface area contributed by atoms with E-state index in [9.17, 15) is 4.79 Å². The number of likely N-dealkylation sites (N-methyl/N-ethyl adjacent to an activating group) is 2. The summed E-state index contributed by atoms with van der Waals surface area (Å²) >= 11 is 0. The predicted molar refractivity (Wildman–Crippen MR) is 97.0 cm³/mol. The molecule has 0 radical (unpaired) electrons. The van der Waals surface area contributed by atoms with Gasteiger partial charge < -0.3 is 15.0 Å². The van der Waals surface area contributed by atoms with Crippen LogP contribution in [0.5, 0.6) is 5.75 Å². The molecule has 130 valence electrons. The van der Waals surface area contributed by atoms with Crippen molar-refractivity contribution in [1.29, 1.82) is 0 Å². The second-order valence-electron chi connectivity index (χ2n) is 6.82. The third-order valence-electron chi connectivity index (χ3n) is 5.64. The molecular weight excluding hydrogens is 300 g/mol. The Hall–Kier alpha value is -1.81. The van der Waals surface area contributed by atoms with E-state index in [-0.39, 0.29) is 11.4 Å². The first-order valence-corrected chi connectivity index (χ1v) is 9.01. The molecule has 24 heavy (non-hydrogen) atoms. The number of hydrogen-bond donors (Lipinski definition) is 1. The van der Waals surface area contributed by atoms with Crippen molar-refractivity contribution in [1.82, 2.24) is 10.2 Å². The Kier molecular flexibility index (Phi) is 4.95. The van der Waals surface area contributed by atoms with E-state index in [2.05, 4.69) is 12.2 Å². The summed E-state index contributed by atoms with van der Waals surface area (Å²) in [5.74, 6) is 0.980. The lowest BCUT2D eigenvalue weighted by Crippen LogP contribution is -2.48. The van der Waals surface area contributed by atoms with Crippen molar-refractivity contribution in [2.24, 2.45) is 0 Å². The van der Waals surface area contributed by atoms with E-state index in [4.69, 9.17) is 4.74 Å². The number of hydrogen-bond acceptors (Lipinski definition) is 3. The smallest absolute Gasteiger partial charge is 0.255 e. The normalized spacial score (nSPS) is 20.1. The minimum atomic E-state index is -0.0905. The number of benzene rings is 1. The molecule has 0 aromatic heterocycles. The van der Waals surface area contributed by atoms with Gasteiger partial charge in [0.1, 0.15) is 5.75 Å². The lowest BCUT2D eigenvalue weighted by Gasteiger charge is -2.42. The SMILES string of the molecule is CCNCC1=C(c2ccc(OC)cc2)C(=O)N(C)C12CCCCC2. The van der Waals surface area contributed by atoms with Crippen LogP contribution in [0.4, 0.5) is 0 Å². The number of nitrogens with one attached hydrogen (secondary N) is 1. The minimum Gasteiger partial charge on any atom is -0.497 e. The number of carbonyl (C=O) groups is 1. The standard InChI is InChI=1S/C20H28N2O2/c1-4-21-14-17-18(15-8-10-16(24-3)11-9-15)19(23)22(2)20(17)12-6-5-7-13-20/h8-11,21H,4-7,12-14H2,1-3H3. The van der Waals surface area contributed by atoms with Gasteiger partial charge >= 0.3 is 0 Å². The van der Waals surface area contributed by atoms with Gasteiger partial charge in [-0.1, -0.05) is 38.3 Å². The van der Waals surface area contributed by atoms with Crippen LogP contribution in [0.1, 0.15) is 44.6 Å². The highest BCUT2D eigenvalue weighted by Gasteiger charge is 2.49. The molecule has 3 rings (SSSR count). The summed E-state index contributed by atoms with van der Waals surface area (Å²) in [5, 5.41) is 3.46. The first-order chi connectivity index (χ1) is 11.6. The highest BCUT2D eigenvalue weighted by Crippen LogP contribution is 2.47. The lowest BCUT2D eigenvalue weighted by atomic mass is 9.75. The van der Waals surface area contributed by atoms with E-state index in [0.29, 0.717) is 0 Å². The van der Waals surface area contributed by atoms with Crippen LogP contribution < -0.4 is 10.1 Å². The van der Waals surface area contributed by atoms with Gasteiger partial charge in [-0.3, -0.25) is 4.79 Å². The van der Waals surface area contributed by atoms with Gasteiger partial charge in [-0.2, -0.15) is 0 Å². The molecule has 0 saturated heterocycles. The summed E-state index contributed by atoms with van der Waals surface area (Å²) in [6.07, 6.45) is 5.83. The number of nitrogens with zero attached hydrogens (tertiary/aromatic N) is 1. The van der Waals surface area contributed by atoms with E-state index in [1.807, 2.05) is 36.2 Å². The molecule has 1 heterocycles. The number of methoxy groups -OCH3 is 1. The molecule has 0 bridgehead atoms. The predicted octanol–water partition coefficient (Wildman–Crippen LogP) is 3.23.